The van der Waals surface area contributed by atoms with E-state index >= 15 is 0 Å². The quantitative estimate of drug-likeness (QED) is 0.876. The molecule has 0 aromatic heterocycles. The zero-order chi connectivity index (χ0) is 14.4. The lowest BCUT2D eigenvalue weighted by atomic mass is 10.1. The van der Waals surface area contributed by atoms with Crippen molar-refractivity contribution < 1.29 is 23.0 Å². The third-order valence-corrected chi connectivity index (χ3v) is 5.52. The van der Waals surface area contributed by atoms with E-state index in [2.05, 4.69) is 0 Å². The Balaban J connectivity index is 1.75. The van der Waals surface area contributed by atoms with Crippen molar-refractivity contribution >= 4 is 9.84 Å². The minimum absolute atomic E-state index is 0.0598. The summed E-state index contributed by atoms with van der Waals surface area (Å²) in [6, 6.07) is 5.53. The summed E-state index contributed by atoms with van der Waals surface area (Å²) in [5, 5.41) is 9.96. The van der Waals surface area contributed by atoms with Gasteiger partial charge in [0.25, 0.3) is 0 Å². The number of hydrogen-bond donors (Lipinski definition) is 1. The summed E-state index contributed by atoms with van der Waals surface area (Å²) < 4.78 is 33.2. The molecule has 20 heavy (non-hydrogen) atoms. The van der Waals surface area contributed by atoms with Gasteiger partial charge >= 0.3 is 0 Å². The summed E-state index contributed by atoms with van der Waals surface area (Å²) in [6.07, 6.45) is 1.95. The smallest absolute Gasteiger partial charge is 0.161 e. The predicted octanol–water partition coefficient (Wildman–Crippen LogP) is 0.938. The van der Waals surface area contributed by atoms with E-state index < -0.39 is 15.4 Å². The lowest BCUT2D eigenvalue weighted by Gasteiger charge is -2.27. The van der Waals surface area contributed by atoms with Gasteiger partial charge in [-0.15, -0.1) is 0 Å². The first-order valence-electron chi connectivity index (χ1n) is 6.66. The maximum Gasteiger partial charge on any atom is 0.161 e. The molecule has 1 heterocycles. The molecule has 5 nitrogen and oxygen atoms in total. The summed E-state index contributed by atoms with van der Waals surface area (Å²) in [5.41, 5.74) is 0.411. The van der Waals surface area contributed by atoms with Gasteiger partial charge in [0.15, 0.2) is 21.3 Å². The van der Waals surface area contributed by atoms with Crippen LogP contribution in [0.4, 0.5) is 0 Å². The Kier molecular flexibility index (Phi) is 3.17. The molecule has 6 heteroatoms. The van der Waals surface area contributed by atoms with Crippen LogP contribution in [0.25, 0.3) is 0 Å². The molecule has 1 aliphatic heterocycles. The Morgan fingerprint density at radius 3 is 2.55 bits per heavy atom. The van der Waals surface area contributed by atoms with Crippen LogP contribution in [0.15, 0.2) is 18.2 Å². The van der Waals surface area contributed by atoms with Crippen LogP contribution in [-0.2, 0) is 16.3 Å². The molecule has 1 N–H and O–H groups in total. The van der Waals surface area contributed by atoms with Crippen LogP contribution < -0.4 is 9.47 Å². The van der Waals surface area contributed by atoms with Crippen LogP contribution in [0.5, 0.6) is 11.5 Å². The molecule has 1 aromatic carbocycles. The topological polar surface area (TPSA) is 72.8 Å². The zero-order valence-corrected chi connectivity index (χ0v) is 12.1. The van der Waals surface area contributed by atoms with E-state index in [9.17, 15) is 13.5 Å². The standard InChI is InChI=1S/C14H18O5S/c1-18-12-3-2-10(7-14(15)4-5-14)6-13(12)19-11-8-20(16,17)9-11/h2-3,6,11,15H,4-5,7-9H2,1H3. The minimum Gasteiger partial charge on any atom is -0.493 e. The average Bonchev–Trinajstić information content (AvgIpc) is 3.05. The van der Waals surface area contributed by atoms with E-state index in [1.165, 1.54) is 0 Å². The Bertz CT molecular complexity index is 606. The highest BCUT2D eigenvalue weighted by atomic mass is 32.2. The summed E-state index contributed by atoms with van der Waals surface area (Å²) in [5.74, 6) is 1.25. The molecule has 2 fully saturated rings. The average molecular weight is 298 g/mol. The van der Waals surface area contributed by atoms with Crippen LogP contribution >= 0.6 is 0 Å². The Morgan fingerprint density at radius 2 is 2.00 bits per heavy atom. The van der Waals surface area contributed by atoms with E-state index in [0.29, 0.717) is 17.9 Å². The lowest BCUT2D eigenvalue weighted by molar-refractivity contribution is 0.150. The summed E-state index contributed by atoms with van der Waals surface area (Å²) in [7, 11) is -1.36. The van der Waals surface area contributed by atoms with Crippen LogP contribution in [-0.4, -0.2) is 43.8 Å². The Labute approximate surface area is 118 Å². The number of rotatable bonds is 5. The van der Waals surface area contributed by atoms with Crippen LogP contribution in [0.2, 0.25) is 0 Å². The number of hydrogen-bond acceptors (Lipinski definition) is 5. The van der Waals surface area contributed by atoms with Crippen LogP contribution in [0.1, 0.15) is 18.4 Å². The molecule has 1 saturated heterocycles. The van der Waals surface area contributed by atoms with Crippen molar-refractivity contribution in [2.75, 3.05) is 18.6 Å². The monoisotopic (exact) mass is 298 g/mol. The first kappa shape index (κ1) is 13.7. The number of ether oxygens (including phenoxy) is 2. The van der Waals surface area contributed by atoms with Gasteiger partial charge in [-0.1, -0.05) is 6.07 Å². The van der Waals surface area contributed by atoms with Gasteiger partial charge in [-0.05, 0) is 30.5 Å². The maximum absolute atomic E-state index is 11.2. The highest BCUT2D eigenvalue weighted by molar-refractivity contribution is 7.92. The SMILES string of the molecule is COc1ccc(CC2(O)CC2)cc1OC1CS(=O)(=O)C1. The van der Waals surface area contributed by atoms with E-state index in [1.807, 2.05) is 12.1 Å². The highest BCUT2D eigenvalue weighted by Gasteiger charge is 2.40. The number of benzene rings is 1. The van der Waals surface area contributed by atoms with E-state index in [0.717, 1.165) is 18.4 Å². The van der Waals surface area contributed by atoms with Crippen molar-refractivity contribution in [1.82, 2.24) is 0 Å². The van der Waals surface area contributed by atoms with E-state index in [-0.39, 0.29) is 17.6 Å². The molecule has 1 aromatic rings. The molecular formula is C14H18O5S. The second-order valence-electron chi connectivity index (χ2n) is 5.70. The molecule has 110 valence electrons. The van der Waals surface area contributed by atoms with Gasteiger partial charge in [-0.25, -0.2) is 8.42 Å². The summed E-state index contributed by atoms with van der Waals surface area (Å²) in [4.78, 5) is 0. The first-order chi connectivity index (χ1) is 9.39. The van der Waals surface area contributed by atoms with E-state index in [4.69, 9.17) is 9.47 Å². The molecule has 2 aliphatic rings. The normalized spacial score (nSPS) is 22.9. The largest absolute Gasteiger partial charge is 0.493 e. The van der Waals surface area contributed by atoms with Crippen molar-refractivity contribution in [3.05, 3.63) is 23.8 Å². The van der Waals surface area contributed by atoms with Crippen molar-refractivity contribution in [3.63, 3.8) is 0 Å². The number of aliphatic hydroxyl groups is 1. The molecule has 0 spiro atoms. The summed E-state index contributed by atoms with van der Waals surface area (Å²) >= 11 is 0. The van der Waals surface area contributed by atoms with Crippen molar-refractivity contribution in [2.45, 2.75) is 31.0 Å². The molecule has 0 atom stereocenters. The minimum atomic E-state index is -2.91. The molecule has 0 amide bonds. The van der Waals surface area contributed by atoms with Crippen molar-refractivity contribution in [2.24, 2.45) is 0 Å². The van der Waals surface area contributed by atoms with Gasteiger partial charge in [-0.3, -0.25) is 0 Å². The molecule has 0 radical (unpaired) electrons. The summed E-state index contributed by atoms with van der Waals surface area (Å²) in [6.45, 7) is 0. The molecule has 1 aliphatic carbocycles. The molecule has 1 saturated carbocycles. The molecular weight excluding hydrogens is 280 g/mol. The van der Waals surface area contributed by atoms with Gasteiger partial charge in [0.1, 0.15) is 6.10 Å². The number of sulfone groups is 1. The van der Waals surface area contributed by atoms with E-state index in [1.54, 1.807) is 13.2 Å². The van der Waals surface area contributed by atoms with Crippen LogP contribution in [0, 0.1) is 0 Å². The maximum atomic E-state index is 11.2. The molecule has 3 rings (SSSR count). The highest BCUT2D eigenvalue weighted by Crippen LogP contribution is 2.40. The second-order valence-corrected chi connectivity index (χ2v) is 7.86. The lowest BCUT2D eigenvalue weighted by Crippen LogP contribution is -2.45. The second kappa shape index (κ2) is 4.63. The number of methoxy groups -OCH3 is 1. The Morgan fingerprint density at radius 1 is 1.30 bits per heavy atom. The van der Waals surface area contributed by atoms with Crippen molar-refractivity contribution in [1.29, 1.82) is 0 Å². The van der Waals surface area contributed by atoms with Gasteiger partial charge in [0.2, 0.25) is 0 Å². The van der Waals surface area contributed by atoms with Gasteiger partial charge < -0.3 is 14.6 Å². The Hall–Kier alpha value is -1.27. The van der Waals surface area contributed by atoms with Crippen molar-refractivity contribution in [3.8, 4) is 11.5 Å². The van der Waals surface area contributed by atoms with Gasteiger partial charge in [-0.2, -0.15) is 0 Å². The zero-order valence-electron chi connectivity index (χ0n) is 11.3. The molecule has 0 unspecified atom stereocenters. The van der Waals surface area contributed by atoms with Gasteiger partial charge in [0, 0.05) is 6.42 Å². The molecule has 0 bridgehead atoms. The third-order valence-electron chi connectivity index (χ3n) is 3.76. The fourth-order valence-corrected chi connectivity index (χ4v) is 3.56. The third kappa shape index (κ3) is 2.91. The van der Waals surface area contributed by atoms with Crippen LogP contribution in [0.3, 0.4) is 0 Å². The van der Waals surface area contributed by atoms with Gasteiger partial charge in [0.05, 0.1) is 24.2 Å². The fraction of sp³-hybridized carbons (Fsp3) is 0.571. The first-order valence-corrected chi connectivity index (χ1v) is 8.48. The predicted molar refractivity (Wildman–Crippen MR) is 74.0 cm³/mol. The fourth-order valence-electron chi connectivity index (χ4n) is 2.39.